The molecule has 3 saturated carbocycles. The van der Waals surface area contributed by atoms with E-state index in [9.17, 15) is 15.3 Å². The van der Waals surface area contributed by atoms with Gasteiger partial charge in [-0.3, -0.25) is 0 Å². The number of aliphatic hydroxyl groups excluding tert-OH is 2. The minimum atomic E-state index is -1.01. The summed E-state index contributed by atoms with van der Waals surface area (Å²) in [7, 11) is 0. The van der Waals surface area contributed by atoms with Gasteiger partial charge in [0.05, 0.1) is 11.7 Å². The van der Waals surface area contributed by atoms with Crippen LogP contribution in [0.2, 0.25) is 0 Å². The number of allylic oxidation sites excluding steroid dienone is 1. The van der Waals surface area contributed by atoms with Crippen LogP contribution in [-0.4, -0.2) is 33.6 Å². The quantitative estimate of drug-likeness (QED) is 0.684. The number of hydrogen-bond acceptors (Lipinski definition) is 3. The molecule has 0 amide bonds. The molecule has 0 aliphatic heterocycles. The molecule has 7 atom stereocenters. The zero-order chi connectivity index (χ0) is 17.1. The summed E-state index contributed by atoms with van der Waals surface area (Å²) in [6.45, 7) is 10.8. The lowest BCUT2D eigenvalue weighted by Crippen LogP contribution is -2.67. The zero-order valence-electron chi connectivity index (χ0n) is 15.0. The smallest absolute Gasteiger partial charge is 0.0946 e. The van der Waals surface area contributed by atoms with Crippen molar-refractivity contribution in [1.29, 1.82) is 0 Å². The van der Waals surface area contributed by atoms with Crippen molar-refractivity contribution >= 4 is 0 Å². The van der Waals surface area contributed by atoms with Crippen LogP contribution < -0.4 is 0 Å². The van der Waals surface area contributed by atoms with Crippen LogP contribution in [0, 0.1) is 28.1 Å². The summed E-state index contributed by atoms with van der Waals surface area (Å²) in [6.07, 6.45) is 7.64. The Kier molecular flexibility index (Phi) is 4.02. The van der Waals surface area contributed by atoms with Crippen molar-refractivity contribution in [3.05, 3.63) is 12.7 Å². The summed E-state index contributed by atoms with van der Waals surface area (Å²) >= 11 is 0. The standard InChI is InChI=1S/C20H34O3/c1-5-17(2)10-7-14-19(4)9-6-8-18(3,13-21)15(19)11-16(22)20(14,23)12-17/h5,14-16,21-23H,1,6-13H2,2-4H3. The van der Waals surface area contributed by atoms with E-state index < -0.39 is 11.7 Å². The van der Waals surface area contributed by atoms with Crippen LogP contribution in [0.3, 0.4) is 0 Å². The van der Waals surface area contributed by atoms with Gasteiger partial charge in [-0.2, -0.15) is 0 Å². The summed E-state index contributed by atoms with van der Waals surface area (Å²) in [4.78, 5) is 0. The van der Waals surface area contributed by atoms with Crippen LogP contribution in [0.4, 0.5) is 0 Å². The molecule has 3 fully saturated rings. The second-order valence-corrected chi connectivity index (χ2v) is 9.59. The van der Waals surface area contributed by atoms with Gasteiger partial charge in [-0.05, 0) is 66.6 Å². The van der Waals surface area contributed by atoms with E-state index in [0.717, 1.165) is 32.1 Å². The third kappa shape index (κ3) is 2.34. The van der Waals surface area contributed by atoms with Gasteiger partial charge in [0.25, 0.3) is 0 Å². The number of rotatable bonds is 2. The van der Waals surface area contributed by atoms with E-state index in [1.165, 1.54) is 0 Å². The third-order valence-electron chi connectivity index (χ3n) is 8.08. The second kappa shape index (κ2) is 5.31. The van der Waals surface area contributed by atoms with Crippen molar-refractivity contribution in [3.63, 3.8) is 0 Å². The number of aliphatic hydroxyl groups is 3. The monoisotopic (exact) mass is 322 g/mol. The Labute approximate surface area is 140 Å². The molecule has 0 radical (unpaired) electrons. The fourth-order valence-corrected chi connectivity index (χ4v) is 6.61. The molecule has 3 N–H and O–H groups in total. The third-order valence-corrected chi connectivity index (χ3v) is 8.08. The fraction of sp³-hybridized carbons (Fsp3) is 0.900. The Morgan fingerprint density at radius 1 is 1.13 bits per heavy atom. The second-order valence-electron chi connectivity index (χ2n) is 9.59. The van der Waals surface area contributed by atoms with Gasteiger partial charge in [-0.25, -0.2) is 0 Å². The maximum atomic E-state index is 11.5. The Morgan fingerprint density at radius 3 is 2.43 bits per heavy atom. The van der Waals surface area contributed by atoms with Gasteiger partial charge < -0.3 is 15.3 Å². The van der Waals surface area contributed by atoms with E-state index >= 15 is 0 Å². The van der Waals surface area contributed by atoms with Gasteiger partial charge in [0, 0.05) is 6.61 Å². The largest absolute Gasteiger partial charge is 0.396 e. The lowest BCUT2D eigenvalue weighted by molar-refractivity contribution is -0.255. The molecule has 3 nitrogen and oxygen atoms in total. The van der Waals surface area contributed by atoms with Crippen LogP contribution in [0.5, 0.6) is 0 Å². The first-order valence-electron chi connectivity index (χ1n) is 9.28. The van der Waals surface area contributed by atoms with Crippen molar-refractivity contribution in [2.45, 2.75) is 77.4 Å². The van der Waals surface area contributed by atoms with E-state index in [1.807, 2.05) is 6.08 Å². The van der Waals surface area contributed by atoms with E-state index in [1.54, 1.807) is 0 Å². The van der Waals surface area contributed by atoms with E-state index in [4.69, 9.17) is 0 Å². The first kappa shape index (κ1) is 17.4. The van der Waals surface area contributed by atoms with Gasteiger partial charge in [-0.15, -0.1) is 6.58 Å². The van der Waals surface area contributed by atoms with Crippen LogP contribution >= 0.6 is 0 Å². The topological polar surface area (TPSA) is 60.7 Å². The minimum absolute atomic E-state index is 0.00616. The molecule has 0 aromatic rings. The van der Waals surface area contributed by atoms with Crippen molar-refractivity contribution in [2.24, 2.45) is 28.1 Å². The van der Waals surface area contributed by atoms with E-state index in [0.29, 0.717) is 12.8 Å². The maximum absolute atomic E-state index is 11.5. The van der Waals surface area contributed by atoms with Crippen LogP contribution in [0.15, 0.2) is 12.7 Å². The molecule has 0 bridgehead atoms. The zero-order valence-corrected chi connectivity index (χ0v) is 15.0. The minimum Gasteiger partial charge on any atom is -0.396 e. The van der Waals surface area contributed by atoms with Gasteiger partial charge in [0.1, 0.15) is 0 Å². The average Bonchev–Trinajstić information content (AvgIpc) is 2.50. The van der Waals surface area contributed by atoms with Crippen molar-refractivity contribution in [2.75, 3.05) is 6.61 Å². The molecule has 3 heteroatoms. The predicted molar refractivity (Wildman–Crippen MR) is 91.9 cm³/mol. The van der Waals surface area contributed by atoms with Crippen LogP contribution in [-0.2, 0) is 0 Å². The Morgan fingerprint density at radius 2 is 1.83 bits per heavy atom. The SMILES string of the molecule is C=CC1(C)CCC2C3(C)CCCC(C)(CO)C3CC(O)C2(O)C1. The van der Waals surface area contributed by atoms with Gasteiger partial charge in [0.2, 0.25) is 0 Å². The molecule has 3 aliphatic rings. The van der Waals surface area contributed by atoms with Crippen LogP contribution in [0.25, 0.3) is 0 Å². The molecule has 0 heterocycles. The molecular formula is C20H34O3. The van der Waals surface area contributed by atoms with Gasteiger partial charge in [0.15, 0.2) is 0 Å². The molecule has 132 valence electrons. The average molecular weight is 322 g/mol. The Balaban J connectivity index is 2.01. The molecule has 0 saturated heterocycles. The highest BCUT2D eigenvalue weighted by Gasteiger charge is 2.65. The maximum Gasteiger partial charge on any atom is 0.0946 e. The molecule has 0 spiro atoms. The van der Waals surface area contributed by atoms with Gasteiger partial charge >= 0.3 is 0 Å². The van der Waals surface area contributed by atoms with Crippen molar-refractivity contribution in [3.8, 4) is 0 Å². The van der Waals surface area contributed by atoms with E-state index in [2.05, 4.69) is 27.4 Å². The highest BCUT2D eigenvalue weighted by Crippen LogP contribution is 2.66. The lowest BCUT2D eigenvalue weighted by Gasteiger charge is -2.66. The molecule has 0 aromatic carbocycles. The Hall–Kier alpha value is -0.380. The number of hydrogen-bond donors (Lipinski definition) is 3. The predicted octanol–water partition coefficient (Wildman–Crippen LogP) is 3.28. The molecular weight excluding hydrogens is 288 g/mol. The molecule has 7 unspecified atom stereocenters. The first-order valence-corrected chi connectivity index (χ1v) is 9.28. The summed E-state index contributed by atoms with van der Waals surface area (Å²) in [5.41, 5.74) is -1.23. The fourth-order valence-electron chi connectivity index (χ4n) is 6.61. The summed E-state index contributed by atoms with van der Waals surface area (Å²) in [6, 6.07) is 0. The molecule has 0 aromatic heterocycles. The summed E-state index contributed by atoms with van der Waals surface area (Å²) in [5, 5.41) is 32.4. The highest BCUT2D eigenvalue weighted by molar-refractivity contribution is 5.17. The summed E-state index contributed by atoms with van der Waals surface area (Å²) < 4.78 is 0. The summed E-state index contributed by atoms with van der Waals surface area (Å²) in [5.74, 6) is 0.394. The Bertz CT molecular complexity index is 491. The molecule has 3 aliphatic carbocycles. The number of fused-ring (bicyclic) bond motifs is 3. The van der Waals surface area contributed by atoms with Crippen molar-refractivity contribution in [1.82, 2.24) is 0 Å². The highest BCUT2D eigenvalue weighted by atomic mass is 16.3. The molecule has 23 heavy (non-hydrogen) atoms. The van der Waals surface area contributed by atoms with Crippen molar-refractivity contribution < 1.29 is 15.3 Å². The molecule has 3 rings (SSSR count). The van der Waals surface area contributed by atoms with Crippen LogP contribution in [0.1, 0.15) is 65.7 Å². The van der Waals surface area contributed by atoms with Gasteiger partial charge in [-0.1, -0.05) is 33.3 Å². The lowest BCUT2D eigenvalue weighted by atomic mass is 9.41. The normalized spacial score (nSPS) is 56.5. The van der Waals surface area contributed by atoms with E-state index in [-0.39, 0.29) is 34.7 Å². The first-order chi connectivity index (χ1) is 10.6.